The number of fused-ring (bicyclic) bond motifs is 2. The summed E-state index contributed by atoms with van der Waals surface area (Å²) in [5.41, 5.74) is 5.36. The van der Waals surface area contributed by atoms with Crippen molar-refractivity contribution in [3.8, 4) is 5.75 Å². The van der Waals surface area contributed by atoms with Crippen LogP contribution in [0.15, 0.2) is 86.5 Å². The van der Waals surface area contributed by atoms with E-state index >= 15 is 0 Å². The van der Waals surface area contributed by atoms with Crippen LogP contribution in [0.25, 0.3) is 5.70 Å². The SMILES string of the molecule is CCOC(=O)C1=C(C)NC2=C(C(=O)c3ccccc32)[C@H]1c1cc(Br)c(OCc2ccccc2Cl)c(Br)c1. The molecule has 8 heteroatoms. The number of hydrogen-bond acceptors (Lipinski definition) is 5. The smallest absolute Gasteiger partial charge is 0.336 e. The van der Waals surface area contributed by atoms with E-state index in [2.05, 4.69) is 37.2 Å². The van der Waals surface area contributed by atoms with Crippen LogP contribution < -0.4 is 10.1 Å². The summed E-state index contributed by atoms with van der Waals surface area (Å²) in [5.74, 6) is -0.602. The van der Waals surface area contributed by atoms with Gasteiger partial charge in [-0.25, -0.2) is 4.79 Å². The van der Waals surface area contributed by atoms with Gasteiger partial charge in [-0.2, -0.15) is 0 Å². The largest absolute Gasteiger partial charge is 0.486 e. The standard InChI is InChI=1S/C29H22Br2ClNO4/c1-3-36-29(35)23-15(2)33-26-18-9-5-6-10-19(18)27(34)25(26)24(23)17-12-20(30)28(21(31)13-17)37-14-16-8-4-7-11-22(16)32/h4-13,24,33H,3,14H2,1-2H3/t24-/m0/s1. The zero-order valence-electron chi connectivity index (χ0n) is 20.0. The molecule has 0 amide bonds. The maximum absolute atomic E-state index is 13.6. The Balaban J connectivity index is 1.59. The van der Waals surface area contributed by atoms with Gasteiger partial charge in [0.25, 0.3) is 0 Å². The first-order valence-electron chi connectivity index (χ1n) is 11.7. The highest BCUT2D eigenvalue weighted by Crippen LogP contribution is 2.49. The van der Waals surface area contributed by atoms with E-state index < -0.39 is 11.9 Å². The molecule has 5 nitrogen and oxygen atoms in total. The molecule has 0 unspecified atom stereocenters. The number of carbonyl (C=O) groups is 2. The van der Waals surface area contributed by atoms with Gasteiger partial charge >= 0.3 is 5.97 Å². The highest BCUT2D eigenvalue weighted by molar-refractivity contribution is 9.11. The molecular weight excluding hydrogens is 622 g/mol. The molecule has 0 bridgehead atoms. The Morgan fingerprint density at radius 3 is 2.35 bits per heavy atom. The Bertz CT molecular complexity index is 1490. The number of dihydropyridines is 1. The normalized spacial score (nSPS) is 16.4. The molecule has 1 N–H and O–H groups in total. The number of hydrogen-bond donors (Lipinski definition) is 1. The summed E-state index contributed by atoms with van der Waals surface area (Å²) < 4.78 is 12.9. The number of esters is 1. The van der Waals surface area contributed by atoms with Crippen molar-refractivity contribution < 1.29 is 19.1 Å². The number of carbonyl (C=O) groups excluding carboxylic acids is 2. The molecular formula is C29H22Br2ClNO4. The van der Waals surface area contributed by atoms with Crippen molar-refractivity contribution in [1.82, 2.24) is 5.32 Å². The van der Waals surface area contributed by atoms with E-state index in [1.807, 2.05) is 67.6 Å². The summed E-state index contributed by atoms with van der Waals surface area (Å²) >= 11 is 13.6. The average molecular weight is 644 g/mol. The molecule has 188 valence electrons. The Morgan fingerprint density at radius 1 is 1.03 bits per heavy atom. The van der Waals surface area contributed by atoms with E-state index in [1.165, 1.54) is 0 Å². The molecule has 0 fully saturated rings. The summed E-state index contributed by atoms with van der Waals surface area (Å²) in [7, 11) is 0. The molecule has 37 heavy (non-hydrogen) atoms. The van der Waals surface area contributed by atoms with Crippen LogP contribution in [0.2, 0.25) is 5.02 Å². The predicted molar refractivity (Wildman–Crippen MR) is 151 cm³/mol. The summed E-state index contributed by atoms with van der Waals surface area (Å²) in [5, 5.41) is 3.94. The van der Waals surface area contributed by atoms with E-state index in [0.29, 0.717) is 42.1 Å². The van der Waals surface area contributed by atoms with Crippen LogP contribution >= 0.6 is 43.5 Å². The lowest BCUT2D eigenvalue weighted by atomic mass is 9.80. The van der Waals surface area contributed by atoms with Crippen LogP contribution in [0.1, 0.15) is 46.8 Å². The number of Topliss-reactive ketones (excluding diaryl/α,β-unsaturated/α-hetero) is 1. The van der Waals surface area contributed by atoms with E-state index in [4.69, 9.17) is 21.1 Å². The number of rotatable bonds is 6. The van der Waals surface area contributed by atoms with Crippen LogP contribution in [0.4, 0.5) is 0 Å². The number of ether oxygens (including phenoxy) is 2. The fourth-order valence-corrected chi connectivity index (χ4v) is 6.43. The minimum atomic E-state index is -0.625. The molecule has 5 rings (SSSR count). The summed E-state index contributed by atoms with van der Waals surface area (Å²) in [6.45, 7) is 4.10. The van der Waals surface area contributed by atoms with Crippen molar-refractivity contribution in [2.24, 2.45) is 0 Å². The minimum absolute atomic E-state index is 0.108. The van der Waals surface area contributed by atoms with Crippen LogP contribution in [-0.4, -0.2) is 18.4 Å². The van der Waals surface area contributed by atoms with Gasteiger partial charge < -0.3 is 14.8 Å². The minimum Gasteiger partial charge on any atom is -0.486 e. The van der Waals surface area contributed by atoms with Gasteiger partial charge in [0.15, 0.2) is 5.78 Å². The lowest BCUT2D eigenvalue weighted by Gasteiger charge is -2.29. The summed E-state index contributed by atoms with van der Waals surface area (Å²) in [4.78, 5) is 26.8. The summed E-state index contributed by atoms with van der Waals surface area (Å²) in [6, 6.07) is 18.7. The van der Waals surface area contributed by atoms with Crippen molar-refractivity contribution in [3.63, 3.8) is 0 Å². The van der Waals surface area contributed by atoms with Crippen LogP contribution in [-0.2, 0) is 16.1 Å². The maximum atomic E-state index is 13.6. The Kier molecular flexibility index (Phi) is 7.30. The topological polar surface area (TPSA) is 64.6 Å². The molecule has 0 aromatic heterocycles. The molecule has 1 atom stereocenters. The van der Waals surface area contributed by atoms with Gasteiger partial charge in [0.1, 0.15) is 12.4 Å². The Morgan fingerprint density at radius 2 is 1.68 bits per heavy atom. The third-order valence-electron chi connectivity index (χ3n) is 6.43. The lowest BCUT2D eigenvalue weighted by molar-refractivity contribution is -0.138. The number of ketones is 1. The first kappa shape index (κ1) is 25.8. The van der Waals surface area contributed by atoms with Gasteiger partial charge in [-0.05, 0) is 69.5 Å². The zero-order valence-corrected chi connectivity index (χ0v) is 24.0. The molecule has 0 saturated carbocycles. The van der Waals surface area contributed by atoms with Gasteiger partial charge in [0.05, 0.1) is 26.8 Å². The van der Waals surface area contributed by atoms with Crippen molar-refractivity contribution >= 4 is 60.9 Å². The molecule has 3 aromatic rings. The molecule has 0 radical (unpaired) electrons. The zero-order chi connectivity index (χ0) is 26.3. The van der Waals surface area contributed by atoms with Crippen molar-refractivity contribution in [2.75, 3.05) is 6.61 Å². The van der Waals surface area contributed by atoms with E-state index in [-0.39, 0.29) is 19.0 Å². The van der Waals surface area contributed by atoms with Gasteiger partial charge in [0.2, 0.25) is 0 Å². The fraction of sp³-hybridized carbons (Fsp3) is 0.172. The second-order valence-electron chi connectivity index (χ2n) is 8.67. The maximum Gasteiger partial charge on any atom is 0.336 e. The number of halogens is 3. The van der Waals surface area contributed by atoms with Crippen molar-refractivity contribution in [1.29, 1.82) is 0 Å². The van der Waals surface area contributed by atoms with Gasteiger partial charge in [0, 0.05) is 38.9 Å². The van der Waals surface area contributed by atoms with Crippen molar-refractivity contribution in [3.05, 3.63) is 114 Å². The Labute approximate surface area is 236 Å². The van der Waals surface area contributed by atoms with Gasteiger partial charge in [-0.1, -0.05) is 54.1 Å². The predicted octanol–water partition coefficient (Wildman–Crippen LogP) is 7.58. The monoisotopic (exact) mass is 641 g/mol. The van der Waals surface area contributed by atoms with Gasteiger partial charge in [-0.15, -0.1) is 0 Å². The molecule has 1 heterocycles. The number of benzene rings is 3. The van der Waals surface area contributed by atoms with E-state index in [9.17, 15) is 9.59 Å². The highest BCUT2D eigenvalue weighted by atomic mass is 79.9. The molecule has 1 aliphatic heterocycles. The highest BCUT2D eigenvalue weighted by Gasteiger charge is 2.43. The first-order valence-corrected chi connectivity index (χ1v) is 13.7. The quantitative estimate of drug-likeness (QED) is 0.281. The molecule has 3 aromatic carbocycles. The van der Waals surface area contributed by atoms with E-state index in [0.717, 1.165) is 22.4 Å². The first-order chi connectivity index (χ1) is 17.8. The van der Waals surface area contributed by atoms with Gasteiger partial charge in [-0.3, -0.25) is 4.79 Å². The lowest BCUT2D eigenvalue weighted by Crippen LogP contribution is -2.29. The second-order valence-corrected chi connectivity index (χ2v) is 10.8. The van der Waals surface area contributed by atoms with E-state index in [1.54, 1.807) is 6.92 Å². The Hall–Kier alpha value is -2.87. The second kappa shape index (κ2) is 10.5. The van der Waals surface area contributed by atoms with Crippen LogP contribution in [0, 0.1) is 0 Å². The third-order valence-corrected chi connectivity index (χ3v) is 7.97. The number of nitrogens with one attached hydrogen (secondary N) is 1. The molecule has 2 aliphatic rings. The fourth-order valence-electron chi connectivity index (χ4n) is 4.79. The number of allylic oxidation sites excluding steroid dienone is 2. The molecule has 1 aliphatic carbocycles. The average Bonchev–Trinajstić information content (AvgIpc) is 3.15. The van der Waals surface area contributed by atoms with Crippen LogP contribution in [0.3, 0.4) is 0 Å². The molecule has 0 saturated heterocycles. The van der Waals surface area contributed by atoms with Crippen molar-refractivity contribution in [2.45, 2.75) is 26.4 Å². The molecule has 0 spiro atoms. The van der Waals surface area contributed by atoms with Crippen LogP contribution in [0.5, 0.6) is 5.75 Å². The third kappa shape index (κ3) is 4.65. The summed E-state index contributed by atoms with van der Waals surface area (Å²) in [6.07, 6.45) is 0.